The number of aliphatic hydroxyl groups is 4. The van der Waals surface area contributed by atoms with Crippen molar-refractivity contribution in [3.05, 3.63) is 0 Å². The molecular formula is C8H15NO5S. The minimum absolute atomic E-state index is 0.425. The molecule has 5 N–H and O–H groups in total. The summed E-state index contributed by atoms with van der Waals surface area (Å²) in [5.41, 5.74) is 0. The zero-order valence-electron chi connectivity index (χ0n) is 8.20. The lowest BCUT2D eigenvalue weighted by Crippen LogP contribution is -2.52. The van der Waals surface area contributed by atoms with Gasteiger partial charge >= 0.3 is 0 Å². The Balaban J connectivity index is 4.42. The molecule has 88 valence electrons. The molecule has 0 aromatic rings. The third-order valence-electron chi connectivity index (χ3n) is 1.82. The summed E-state index contributed by atoms with van der Waals surface area (Å²) in [4.78, 5) is 10.7. The highest BCUT2D eigenvalue weighted by atomic mass is 32.1. The summed E-state index contributed by atoms with van der Waals surface area (Å²) in [5.74, 6) is -0.425. The number of rotatable bonds is 6. The summed E-state index contributed by atoms with van der Waals surface area (Å²) in [7, 11) is 0. The predicted molar refractivity (Wildman–Crippen MR) is 56.4 cm³/mol. The first-order chi connectivity index (χ1) is 6.93. The van der Waals surface area contributed by atoms with Gasteiger partial charge in [-0.15, -0.1) is 0 Å². The Morgan fingerprint density at radius 1 is 1.40 bits per heavy atom. The van der Waals surface area contributed by atoms with Crippen molar-refractivity contribution in [1.82, 2.24) is 5.32 Å². The lowest BCUT2D eigenvalue weighted by atomic mass is 10.0. The molecule has 0 bridgehead atoms. The number of hydrogen-bond donors (Lipinski definition) is 5. The van der Waals surface area contributed by atoms with Gasteiger partial charge in [-0.1, -0.05) is 12.2 Å². The van der Waals surface area contributed by atoms with E-state index in [9.17, 15) is 15.0 Å². The second-order valence-corrected chi connectivity index (χ2v) is 3.37. The SMILES string of the molecule is CC(=O)N[C@@H](C=S)[C@@H](O)[C@@H](O)[C@H](O)CO. The van der Waals surface area contributed by atoms with Gasteiger partial charge in [-0.25, -0.2) is 0 Å². The molecule has 0 spiro atoms. The molecule has 0 aliphatic carbocycles. The molecule has 0 aromatic carbocycles. The average Bonchev–Trinajstić information content (AvgIpc) is 2.22. The van der Waals surface area contributed by atoms with E-state index in [2.05, 4.69) is 17.5 Å². The Bertz CT molecular complexity index is 225. The molecule has 0 aliphatic rings. The number of carbonyl (C=O) groups excluding carboxylic acids is 1. The third kappa shape index (κ3) is 4.63. The van der Waals surface area contributed by atoms with Crippen molar-refractivity contribution in [2.45, 2.75) is 31.3 Å². The highest BCUT2D eigenvalue weighted by Gasteiger charge is 2.30. The van der Waals surface area contributed by atoms with E-state index in [1.165, 1.54) is 6.92 Å². The van der Waals surface area contributed by atoms with E-state index in [0.717, 1.165) is 5.37 Å². The van der Waals surface area contributed by atoms with E-state index in [1.54, 1.807) is 0 Å². The molecule has 0 radical (unpaired) electrons. The maximum absolute atomic E-state index is 10.7. The Hall–Kier alpha value is -0.600. The first-order valence-corrected chi connectivity index (χ1v) is 4.78. The summed E-state index contributed by atoms with van der Waals surface area (Å²) in [6.07, 6.45) is -4.52. The summed E-state index contributed by atoms with van der Waals surface area (Å²) in [5, 5.41) is 39.8. The van der Waals surface area contributed by atoms with Crippen LogP contribution in [0.15, 0.2) is 0 Å². The fourth-order valence-corrected chi connectivity index (χ4v) is 1.21. The van der Waals surface area contributed by atoms with Crippen molar-refractivity contribution in [2.75, 3.05) is 6.61 Å². The van der Waals surface area contributed by atoms with E-state index in [-0.39, 0.29) is 0 Å². The van der Waals surface area contributed by atoms with Gasteiger partial charge in [0.25, 0.3) is 0 Å². The molecule has 0 rings (SSSR count). The largest absolute Gasteiger partial charge is 0.394 e. The van der Waals surface area contributed by atoms with Crippen LogP contribution in [0.3, 0.4) is 0 Å². The van der Waals surface area contributed by atoms with Crippen LogP contribution in [0.5, 0.6) is 0 Å². The van der Waals surface area contributed by atoms with Crippen LogP contribution in [0.25, 0.3) is 0 Å². The van der Waals surface area contributed by atoms with Gasteiger partial charge in [0.1, 0.15) is 18.3 Å². The molecule has 15 heavy (non-hydrogen) atoms. The third-order valence-corrected chi connectivity index (χ3v) is 2.11. The molecule has 0 saturated carbocycles. The Labute approximate surface area is 92.5 Å². The van der Waals surface area contributed by atoms with E-state index in [0.29, 0.717) is 0 Å². The molecule has 0 saturated heterocycles. The Morgan fingerprint density at radius 2 is 1.93 bits per heavy atom. The van der Waals surface area contributed by atoms with E-state index < -0.39 is 36.9 Å². The number of carbonyl (C=O) groups is 1. The normalized spacial score (nSPS) is 18.7. The zero-order valence-corrected chi connectivity index (χ0v) is 9.02. The number of aliphatic hydroxyl groups excluding tert-OH is 4. The monoisotopic (exact) mass is 237 g/mol. The highest BCUT2D eigenvalue weighted by Crippen LogP contribution is 2.04. The van der Waals surface area contributed by atoms with Gasteiger partial charge < -0.3 is 25.7 Å². The standard InChI is InChI=1S/C8H15NO5S/c1-4(11)9-5(3-15)7(13)8(14)6(12)2-10/h3,5-8,10,12-14H,2H2,1H3,(H,9,11)/t5-,6+,7+,8-/m0/s1. The molecule has 0 unspecified atom stereocenters. The zero-order chi connectivity index (χ0) is 12.0. The van der Waals surface area contributed by atoms with Gasteiger partial charge in [-0.2, -0.15) is 0 Å². The van der Waals surface area contributed by atoms with E-state index in [1.807, 2.05) is 0 Å². The molecular weight excluding hydrogens is 222 g/mol. The minimum atomic E-state index is -1.58. The van der Waals surface area contributed by atoms with Crippen molar-refractivity contribution in [1.29, 1.82) is 0 Å². The molecule has 7 heteroatoms. The second kappa shape index (κ2) is 6.81. The smallest absolute Gasteiger partial charge is 0.217 e. The maximum atomic E-state index is 10.7. The topological polar surface area (TPSA) is 110 Å². The number of nitrogens with one attached hydrogen (secondary N) is 1. The first kappa shape index (κ1) is 14.4. The van der Waals surface area contributed by atoms with Gasteiger partial charge in [0.05, 0.1) is 12.6 Å². The van der Waals surface area contributed by atoms with Crippen LogP contribution in [-0.4, -0.2) is 62.7 Å². The van der Waals surface area contributed by atoms with Crippen LogP contribution in [-0.2, 0) is 4.79 Å². The van der Waals surface area contributed by atoms with Gasteiger partial charge in [-0.05, 0) is 0 Å². The molecule has 0 aliphatic heterocycles. The van der Waals surface area contributed by atoms with E-state index >= 15 is 0 Å². The first-order valence-electron chi connectivity index (χ1n) is 4.31. The summed E-state index contributed by atoms with van der Waals surface area (Å²) >= 11 is 4.56. The van der Waals surface area contributed by atoms with Crippen LogP contribution < -0.4 is 5.32 Å². The Morgan fingerprint density at radius 3 is 2.27 bits per heavy atom. The minimum Gasteiger partial charge on any atom is -0.394 e. The van der Waals surface area contributed by atoms with Crippen LogP contribution in [0, 0.1) is 0 Å². The van der Waals surface area contributed by atoms with Crippen molar-refractivity contribution in [3.8, 4) is 0 Å². The molecule has 6 nitrogen and oxygen atoms in total. The van der Waals surface area contributed by atoms with Gasteiger partial charge in [-0.3, -0.25) is 4.79 Å². The highest BCUT2D eigenvalue weighted by molar-refractivity contribution is 7.79. The van der Waals surface area contributed by atoms with E-state index in [4.69, 9.17) is 10.2 Å². The molecule has 1 amide bonds. The summed E-state index contributed by atoms with van der Waals surface area (Å²) in [6.45, 7) is 0.538. The number of hydrogen-bond acceptors (Lipinski definition) is 6. The van der Waals surface area contributed by atoms with Crippen LogP contribution in [0.4, 0.5) is 0 Å². The summed E-state index contributed by atoms with van der Waals surface area (Å²) < 4.78 is 0. The van der Waals surface area contributed by atoms with Crippen molar-refractivity contribution in [3.63, 3.8) is 0 Å². The van der Waals surface area contributed by atoms with Crippen molar-refractivity contribution in [2.24, 2.45) is 0 Å². The van der Waals surface area contributed by atoms with Gasteiger partial charge in [0.2, 0.25) is 5.91 Å². The quantitative estimate of drug-likeness (QED) is 0.328. The van der Waals surface area contributed by atoms with Crippen molar-refractivity contribution < 1.29 is 25.2 Å². The fourth-order valence-electron chi connectivity index (χ4n) is 0.983. The number of amides is 1. The lowest BCUT2D eigenvalue weighted by molar-refractivity contribution is -0.121. The van der Waals surface area contributed by atoms with Crippen molar-refractivity contribution >= 4 is 23.5 Å². The second-order valence-electron chi connectivity index (χ2n) is 3.09. The molecule has 4 atom stereocenters. The molecule has 0 fully saturated rings. The van der Waals surface area contributed by atoms with Crippen LogP contribution in [0.2, 0.25) is 0 Å². The summed E-state index contributed by atoms with van der Waals surface area (Å²) in [6, 6.07) is -0.950. The van der Waals surface area contributed by atoms with Gasteiger partial charge in [0, 0.05) is 12.3 Å². The maximum Gasteiger partial charge on any atom is 0.217 e. The lowest BCUT2D eigenvalue weighted by Gasteiger charge is -2.26. The predicted octanol–water partition coefficient (Wildman–Crippen LogP) is -2.43. The van der Waals surface area contributed by atoms with Crippen LogP contribution in [0.1, 0.15) is 6.92 Å². The number of thiocarbonyl (C=S) groups is 1. The van der Waals surface area contributed by atoms with Crippen LogP contribution >= 0.6 is 12.2 Å². The average molecular weight is 237 g/mol. The molecule has 0 heterocycles. The Kier molecular flexibility index (Phi) is 6.53. The fraction of sp³-hybridized carbons (Fsp3) is 0.750. The van der Waals surface area contributed by atoms with Gasteiger partial charge in [0.15, 0.2) is 0 Å². The molecule has 0 aromatic heterocycles.